The predicted molar refractivity (Wildman–Crippen MR) is 125 cm³/mol. The molecule has 0 radical (unpaired) electrons. The summed E-state index contributed by atoms with van der Waals surface area (Å²) >= 11 is 0. The number of rotatable bonds is 7. The molecule has 3 aromatic carbocycles. The summed E-state index contributed by atoms with van der Waals surface area (Å²) in [7, 11) is 0. The molecule has 0 aliphatic carbocycles. The molecule has 2 N–H and O–H groups in total. The van der Waals surface area contributed by atoms with Crippen molar-refractivity contribution in [2.45, 2.75) is 19.3 Å². The SMILES string of the molecule is O=C(Oc1ccccc1/C(=C(\CCCO)c1ccccc1)c1ccc(O)cc1)N1CCC1. The van der Waals surface area contributed by atoms with Gasteiger partial charge in [-0.25, -0.2) is 4.79 Å². The van der Waals surface area contributed by atoms with Crippen molar-refractivity contribution in [1.82, 2.24) is 4.90 Å². The normalized spacial score (nSPS) is 13.8. The van der Waals surface area contributed by atoms with E-state index in [9.17, 15) is 15.0 Å². The minimum atomic E-state index is -0.342. The van der Waals surface area contributed by atoms with Crippen molar-refractivity contribution in [2.75, 3.05) is 19.7 Å². The van der Waals surface area contributed by atoms with Crippen molar-refractivity contribution in [1.29, 1.82) is 0 Å². The van der Waals surface area contributed by atoms with E-state index in [0.717, 1.165) is 34.3 Å². The van der Waals surface area contributed by atoms with Crippen LogP contribution >= 0.6 is 0 Å². The topological polar surface area (TPSA) is 70.0 Å². The van der Waals surface area contributed by atoms with Crippen molar-refractivity contribution in [3.8, 4) is 11.5 Å². The summed E-state index contributed by atoms with van der Waals surface area (Å²) in [5.41, 5.74) is 4.68. The lowest BCUT2D eigenvalue weighted by molar-refractivity contribution is 0.125. The third-order valence-electron chi connectivity index (χ3n) is 5.63. The van der Waals surface area contributed by atoms with Gasteiger partial charge in [-0.05, 0) is 59.7 Å². The van der Waals surface area contributed by atoms with Gasteiger partial charge in [-0.1, -0.05) is 60.7 Å². The van der Waals surface area contributed by atoms with E-state index in [4.69, 9.17) is 4.74 Å². The maximum absolute atomic E-state index is 12.6. The Balaban J connectivity index is 1.89. The Morgan fingerprint density at radius 1 is 0.875 bits per heavy atom. The Morgan fingerprint density at radius 2 is 1.56 bits per heavy atom. The summed E-state index contributed by atoms with van der Waals surface area (Å²) in [6.07, 6.45) is 1.90. The molecule has 1 saturated heterocycles. The van der Waals surface area contributed by atoms with Crippen molar-refractivity contribution in [2.24, 2.45) is 0 Å². The Bertz CT molecular complexity index is 1090. The third kappa shape index (κ3) is 4.84. The van der Waals surface area contributed by atoms with Gasteiger partial charge in [-0.15, -0.1) is 0 Å². The predicted octanol–water partition coefficient (Wildman–Crippen LogP) is 5.33. The molecular weight excluding hydrogens is 402 g/mol. The molecule has 1 aliphatic heterocycles. The molecule has 1 aliphatic rings. The molecule has 5 heteroatoms. The molecular formula is C27H27NO4. The lowest BCUT2D eigenvalue weighted by Gasteiger charge is -2.30. The highest BCUT2D eigenvalue weighted by molar-refractivity contribution is 6.00. The van der Waals surface area contributed by atoms with Gasteiger partial charge < -0.3 is 19.8 Å². The second kappa shape index (κ2) is 10.2. The van der Waals surface area contributed by atoms with Crippen LogP contribution in [0.2, 0.25) is 0 Å². The summed E-state index contributed by atoms with van der Waals surface area (Å²) in [4.78, 5) is 14.3. The smallest absolute Gasteiger partial charge is 0.415 e. The average molecular weight is 430 g/mol. The number of amides is 1. The zero-order valence-corrected chi connectivity index (χ0v) is 17.9. The first kappa shape index (κ1) is 21.7. The number of aliphatic hydroxyl groups excluding tert-OH is 1. The first-order chi connectivity index (χ1) is 15.7. The Labute approximate surface area is 188 Å². The van der Waals surface area contributed by atoms with Crippen molar-refractivity contribution in [3.63, 3.8) is 0 Å². The molecule has 0 saturated carbocycles. The molecule has 0 unspecified atom stereocenters. The maximum atomic E-state index is 12.6. The van der Waals surface area contributed by atoms with Crippen LogP contribution in [-0.4, -0.2) is 40.9 Å². The monoisotopic (exact) mass is 429 g/mol. The summed E-state index contributed by atoms with van der Waals surface area (Å²) < 4.78 is 5.82. The number of phenolic OH excluding ortho intramolecular Hbond substituents is 1. The zero-order valence-electron chi connectivity index (χ0n) is 17.9. The number of nitrogens with zero attached hydrogens (tertiary/aromatic N) is 1. The number of aromatic hydroxyl groups is 1. The third-order valence-corrected chi connectivity index (χ3v) is 5.63. The fourth-order valence-electron chi connectivity index (χ4n) is 3.85. The van der Waals surface area contributed by atoms with Crippen molar-refractivity contribution < 1.29 is 19.7 Å². The molecule has 1 fully saturated rings. The van der Waals surface area contributed by atoms with Gasteiger partial charge in [0.05, 0.1) is 0 Å². The van der Waals surface area contributed by atoms with Gasteiger partial charge in [0, 0.05) is 25.3 Å². The van der Waals surface area contributed by atoms with Crippen LogP contribution in [0, 0.1) is 0 Å². The largest absolute Gasteiger partial charge is 0.508 e. The van der Waals surface area contributed by atoms with Gasteiger partial charge in [0.15, 0.2) is 0 Å². The van der Waals surface area contributed by atoms with E-state index in [2.05, 4.69) is 0 Å². The number of allylic oxidation sites excluding steroid dienone is 1. The van der Waals surface area contributed by atoms with Gasteiger partial charge in [0.1, 0.15) is 11.5 Å². The summed E-state index contributed by atoms with van der Waals surface area (Å²) in [5, 5.41) is 19.4. The van der Waals surface area contributed by atoms with Gasteiger partial charge >= 0.3 is 6.09 Å². The quantitative estimate of drug-likeness (QED) is 0.498. The number of benzene rings is 3. The molecule has 3 aromatic rings. The minimum Gasteiger partial charge on any atom is -0.508 e. The van der Waals surface area contributed by atoms with E-state index in [-0.39, 0.29) is 18.4 Å². The number of aliphatic hydroxyl groups is 1. The molecule has 32 heavy (non-hydrogen) atoms. The van der Waals surface area contributed by atoms with Crippen LogP contribution in [-0.2, 0) is 0 Å². The summed E-state index contributed by atoms with van der Waals surface area (Å²) in [6.45, 7) is 1.51. The fraction of sp³-hybridized carbons (Fsp3) is 0.222. The Kier molecular flexibility index (Phi) is 6.87. The van der Waals surface area contributed by atoms with Crippen LogP contribution in [0.5, 0.6) is 11.5 Å². The highest BCUT2D eigenvalue weighted by atomic mass is 16.6. The summed E-state index contributed by atoms with van der Waals surface area (Å²) in [5.74, 6) is 0.673. The molecule has 4 rings (SSSR count). The molecule has 164 valence electrons. The van der Waals surface area contributed by atoms with Crippen LogP contribution in [0.1, 0.15) is 36.0 Å². The second-order valence-electron chi connectivity index (χ2n) is 7.80. The highest BCUT2D eigenvalue weighted by Gasteiger charge is 2.24. The first-order valence-corrected chi connectivity index (χ1v) is 10.9. The van der Waals surface area contributed by atoms with E-state index in [1.807, 2.05) is 66.7 Å². The molecule has 0 spiro atoms. The lowest BCUT2D eigenvalue weighted by atomic mass is 9.87. The summed E-state index contributed by atoms with van der Waals surface area (Å²) in [6, 6.07) is 24.6. The van der Waals surface area contributed by atoms with Gasteiger partial charge in [0.25, 0.3) is 0 Å². The Hall–Kier alpha value is -3.57. The zero-order chi connectivity index (χ0) is 22.3. The van der Waals surface area contributed by atoms with Gasteiger partial charge in [-0.2, -0.15) is 0 Å². The molecule has 1 amide bonds. The van der Waals surface area contributed by atoms with E-state index in [0.29, 0.717) is 31.7 Å². The number of hydrogen-bond acceptors (Lipinski definition) is 4. The van der Waals surface area contributed by atoms with Crippen LogP contribution < -0.4 is 4.74 Å². The number of carbonyl (C=O) groups is 1. The lowest BCUT2D eigenvalue weighted by Crippen LogP contribution is -2.43. The number of likely N-dealkylation sites (tertiary alicyclic amines) is 1. The molecule has 0 atom stereocenters. The van der Waals surface area contributed by atoms with Crippen LogP contribution in [0.3, 0.4) is 0 Å². The van der Waals surface area contributed by atoms with Crippen molar-refractivity contribution in [3.05, 3.63) is 95.6 Å². The number of para-hydroxylation sites is 1. The molecule has 0 bridgehead atoms. The molecule has 1 heterocycles. The average Bonchev–Trinajstić information content (AvgIpc) is 2.78. The number of hydrogen-bond donors (Lipinski definition) is 2. The fourth-order valence-corrected chi connectivity index (χ4v) is 3.85. The van der Waals surface area contributed by atoms with Crippen LogP contribution in [0.4, 0.5) is 4.79 Å². The van der Waals surface area contributed by atoms with E-state index < -0.39 is 0 Å². The highest BCUT2D eigenvalue weighted by Crippen LogP contribution is 2.39. The number of phenols is 1. The number of carbonyl (C=O) groups excluding carboxylic acids is 1. The van der Waals surface area contributed by atoms with Crippen LogP contribution in [0.25, 0.3) is 11.1 Å². The van der Waals surface area contributed by atoms with E-state index >= 15 is 0 Å². The van der Waals surface area contributed by atoms with Crippen LogP contribution in [0.15, 0.2) is 78.9 Å². The van der Waals surface area contributed by atoms with E-state index in [1.54, 1.807) is 17.0 Å². The second-order valence-corrected chi connectivity index (χ2v) is 7.80. The van der Waals surface area contributed by atoms with Crippen molar-refractivity contribution >= 4 is 17.2 Å². The maximum Gasteiger partial charge on any atom is 0.415 e. The minimum absolute atomic E-state index is 0.0742. The van der Waals surface area contributed by atoms with E-state index in [1.165, 1.54) is 0 Å². The molecule has 0 aromatic heterocycles. The van der Waals surface area contributed by atoms with Gasteiger partial charge in [-0.3, -0.25) is 0 Å². The number of ether oxygens (including phenoxy) is 1. The Morgan fingerprint density at radius 3 is 2.22 bits per heavy atom. The first-order valence-electron chi connectivity index (χ1n) is 10.9. The van der Waals surface area contributed by atoms with Gasteiger partial charge in [0.2, 0.25) is 0 Å². The standard InChI is InChI=1S/C27H27NO4/c29-19-6-11-23(20-8-2-1-3-9-20)26(21-13-15-22(30)16-14-21)24-10-4-5-12-25(24)32-27(31)28-17-7-18-28/h1-5,8-10,12-16,29-30H,6-7,11,17-19H2/b26-23+. The molecule has 5 nitrogen and oxygen atoms in total.